The molecule has 0 aliphatic carbocycles. The molecule has 2 aromatic rings. The van der Waals surface area contributed by atoms with Crippen LogP contribution in [0.15, 0.2) is 47.4 Å². The van der Waals surface area contributed by atoms with Crippen molar-refractivity contribution in [1.82, 2.24) is 14.8 Å². The molecule has 1 spiro atoms. The predicted octanol–water partition coefficient (Wildman–Crippen LogP) is 2.58. The third kappa shape index (κ3) is 3.54. The van der Waals surface area contributed by atoms with Crippen LogP contribution in [0.3, 0.4) is 0 Å². The number of hydrogen-bond donors (Lipinski definition) is 1. The highest BCUT2D eigenvalue weighted by Gasteiger charge is 2.36. The number of pyridine rings is 1. The van der Waals surface area contributed by atoms with Crippen LogP contribution in [0, 0.1) is 11.2 Å². The Kier molecular flexibility index (Phi) is 4.83. The number of nitrogens with zero attached hydrogens (tertiary/aromatic N) is 2. The second-order valence-electron chi connectivity index (χ2n) is 7.62. The molecule has 0 saturated carbocycles. The number of rotatable bonds is 2. The molecule has 1 amide bonds. The predicted molar refractivity (Wildman–Crippen MR) is 102 cm³/mol. The minimum Gasteiger partial charge on any atom is -0.339 e. The monoisotopic (exact) mass is 369 g/mol. The Morgan fingerprint density at radius 2 is 1.70 bits per heavy atom. The zero-order valence-electron chi connectivity index (χ0n) is 15.3. The van der Waals surface area contributed by atoms with E-state index in [1.807, 2.05) is 4.90 Å². The number of nitrogens with one attached hydrogen (secondary N) is 1. The van der Waals surface area contributed by atoms with E-state index in [1.54, 1.807) is 12.1 Å². The number of hydrogen-bond acceptors (Lipinski definition) is 3. The maximum Gasteiger partial charge on any atom is 0.255 e. The van der Waals surface area contributed by atoms with Crippen molar-refractivity contribution in [3.8, 4) is 5.69 Å². The Balaban J connectivity index is 1.54. The van der Waals surface area contributed by atoms with Crippen LogP contribution < -0.4 is 10.9 Å². The third-order valence-electron chi connectivity index (χ3n) is 6.05. The number of carbonyl (C=O) groups is 1. The van der Waals surface area contributed by atoms with Gasteiger partial charge < -0.3 is 10.2 Å². The first kappa shape index (κ1) is 17.9. The minimum absolute atomic E-state index is 0.0936. The standard InChI is InChI=1S/C21H24FN3O2/c22-17-3-1-2-4-18(17)25-15-16(5-6-19(25)26)20(27)24-13-9-21(10-14-24)7-11-23-12-8-21/h1-6,15,23H,7-14H2. The van der Waals surface area contributed by atoms with E-state index >= 15 is 0 Å². The highest BCUT2D eigenvalue weighted by atomic mass is 19.1. The molecular formula is C21H24FN3O2. The highest BCUT2D eigenvalue weighted by molar-refractivity contribution is 5.94. The van der Waals surface area contributed by atoms with Crippen molar-refractivity contribution in [1.29, 1.82) is 0 Å². The van der Waals surface area contributed by atoms with Crippen molar-refractivity contribution >= 4 is 5.91 Å². The van der Waals surface area contributed by atoms with Crippen LogP contribution in [-0.2, 0) is 0 Å². The molecule has 5 nitrogen and oxygen atoms in total. The first-order valence-electron chi connectivity index (χ1n) is 9.56. The van der Waals surface area contributed by atoms with Gasteiger partial charge in [0.2, 0.25) is 0 Å². The van der Waals surface area contributed by atoms with Gasteiger partial charge in [0.05, 0.1) is 11.3 Å². The summed E-state index contributed by atoms with van der Waals surface area (Å²) < 4.78 is 15.3. The second-order valence-corrected chi connectivity index (χ2v) is 7.62. The number of benzene rings is 1. The maximum absolute atomic E-state index is 14.1. The smallest absolute Gasteiger partial charge is 0.255 e. The number of piperidine rings is 2. The molecule has 1 N–H and O–H groups in total. The van der Waals surface area contributed by atoms with Crippen LogP contribution in [0.25, 0.3) is 5.69 Å². The van der Waals surface area contributed by atoms with Gasteiger partial charge in [-0.1, -0.05) is 12.1 Å². The lowest BCUT2D eigenvalue weighted by Crippen LogP contribution is -2.47. The molecule has 3 heterocycles. The topological polar surface area (TPSA) is 54.3 Å². The molecule has 0 unspecified atom stereocenters. The summed E-state index contributed by atoms with van der Waals surface area (Å²) >= 11 is 0. The molecular weight excluding hydrogens is 345 g/mol. The van der Waals surface area contributed by atoms with E-state index in [0.717, 1.165) is 39.0 Å². The first-order valence-corrected chi connectivity index (χ1v) is 9.56. The first-order chi connectivity index (χ1) is 13.1. The fraction of sp³-hybridized carbons (Fsp3) is 0.429. The number of para-hydroxylation sites is 1. The van der Waals surface area contributed by atoms with Crippen LogP contribution in [0.2, 0.25) is 0 Å². The van der Waals surface area contributed by atoms with E-state index in [-0.39, 0.29) is 17.2 Å². The largest absolute Gasteiger partial charge is 0.339 e. The van der Waals surface area contributed by atoms with E-state index in [0.29, 0.717) is 11.0 Å². The van der Waals surface area contributed by atoms with E-state index in [9.17, 15) is 14.0 Å². The fourth-order valence-electron chi connectivity index (χ4n) is 4.27. The summed E-state index contributed by atoms with van der Waals surface area (Å²) in [6.07, 6.45) is 5.85. The van der Waals surface area contributed by atoms with Gasteiger partial charge in [0.1, 0.15) is 5.82 Å². The molecule has 2 aliphatic rings. The summed E-state index contributed by atoms with van der Waals surface area (Å²) in [5.74, 6) is -0.584. The zero-order chi connectivity index (χ0) is 18.9. The van der Waals surface area contributed by atoms with Gasteiger partial charge >= 0.3 is 0 Å². The summed E-state index contributed by atoms with van der Waals surface area (Å²) in [6.45, 7) is 3.58. The van der Waals surface area contributed by atoms with Crippen molar-refractivity contribution in [3.63, 3.8) is 0 Å². The average Bonchev–Trinajstić information content (AvgIpc) is 2.70. The molecule has 2 saturated heterocycles. The number of aromatic nitrogens is 1. The molecule has 27 heavy (non-hydrogen) atoms. The van der Waals surface area contributed by atoms with Crippen LogP contribution in [0.1, 0.15) is 36.0 Å². The van der Waals surface area contributed by atoms with Crippen molar-refractivity contribution in [2.24, 2.45) is 5.41 Å². The molecule has 0 radical (unpaired) electrons. The van der Waals surface area contributed by atoms with Crippen molar-refractivity contribution in [2.75, 3.05) is 26.2 Å². The normalized spacial score (nSPS) is 19.2. The number of likely N-dealkylation sites (tertiary alicyclic amines) is 1. The summed E-state index contributed by atoms with van der Waals surface area (Å²) in [4.78, 5) is 27.0. The average molecular weight is 369 g/mol. The lowest BCUT2D eigenvalue weighted by Gasteiger charge is -2.44. The lowest BCUT2D eigenvalue weighted by molar-refractivity contribution is 0.0495. The van der Waals surface area contributed by atoms with E-state index in [2.05, 4.69) is 5.32 Å². The van der Waals surface area contributed by atoms with Gasteiger partial charge in [-0.05, 0) is 62.4 Å². The quantitative estimate of drug-likeness (QED) is 0.885. The number of halogens is 1. The van der Waals surface area contributed by atoms with Gasteiger partial charge in [-0.15, -0.1) is 0 Å². The fourth-order valence-corrected chi connectivity index (χ4v) is 4.27. The Labute approximate surface area is 157 Å². The number of amides is 1. The molecule has 1 aromatic heterocycles. The highest BCUT2D eigenvalue weighted by Crippen LogP contribution is 2.39. The minimum atomic E-state index is -0.491. The van der Waals surface area contributed by atoms with Crippen molar-refractivity contribution in [2.45, 2.75) is 25.7 Å². The summed E-state index contributed by atoms with van der Waals surface area (Å²) in [5, 5.41) is 3.40. The number of carbonyl (C=O) groups excluding carboxylic acids is 1. The lowest BCUT2D eigenvalue weighted by atomic mass is 9.71. The second kappa shape index (κ2) is 7.27. The third-order valence-corrected chi connectivity index (χ3v) is 6.05. The van der Waals surface area contributed by atoms with Gasteiger partial charge in [-0.2, -0.15) is 0 Å². The molecule has 142 valence electrons. The molecule has 0 bridgehead atoms. The van der Waals surface area contributed by atoms with E-state index in [1.165, 1.54) is 47.9 Å². The molecule has 1 aromatic carbocycles. The van der Waals surface area contributed by atoms with Crippen molar-refractivity contribution in [3.05, 3.63) is 64.3 Å². The molecule has 6 heteroatoms. The summed E-state index contributed by atoms with van der Waals surface area (Å²) in [6, 6.07) is 8.95. The van der Waals surface area contributed by atoms with Gasteiger partial charge in [-0.25, -0.2) is 4.39 Å². The Hall–Kier alpha value is -2.47. The van der Waals surface area contributed by atoms with Crippen LogP contribution in [-0.4, -0.2) is 41.6 Å². The Morgan fingerprint density at radius 1 is 1.00 bits per heavy atom. The maximum atomic E-state index is 14.1. The van der Waals surface area contributed by atoms with Crippen LogP contribution in [0.5, 0.6) is 0 Å². The van der Waals surface area contributed by atoms with E-state index in [4.69, 9.17) is 0 Å². The summed E-state index contributed by atoms with van der Waals surface area (Å²) in [5.41, 5.74) is 0.584. The van der Waals surface area contributed by atoms with E-state index < -0.39 is 5.82 Å². The Morgan fingerprint density at radius 3 is 2.41 bits per heavy atom. The van der Waals surface area contributed by atoms with Gasteiger partial charge in [0, 0.05) is 25.4 Å². The van der Waals surface area contributed by atoms with Gasteiger partial charge in [0.15, 0.2) is 0 Å². The van der Waals surface area contributed by atoms with Crippen LogP contribution in [0.4, 0.5) is 4.39 Å². The summed E-state index contributed by atoms with van der Waals surface area (Å²) in [7, 11) is 0. The van der Waals surface area contributed by atoms with Crippen molar-refractivity contribution < 1.29 is 9.18 Å². The molecule has 4 rings (SSSR count). The van der Waals surface area contributed by atoms with Gasteiger partial charge in [-0.3, -0.25) is 14.2 Å². The molecule has 2 aliphatic heterocycles. The van der Waals surface area contributed by atoms with Gasteiger partial charge in [0.25, 0.3) is 11.5 Å². The molecule has 0 atom stereocenters. The molecule has 2 fully saturated rings. The Bertz CT molecular complexity index is 892. The van der Waals surface area contributed by atoms with Crippen LogP contribution >= 0.6 is 0 Å². The SMILES string of the molecule is O=C(c1ccc(=O)n(-c2ccccc2F)c1)N1CCC2(CCNCC2)CC1. The zero-order valence-corrected chi connectivity index (χ0v) is 15.3.